The van der Waals surface area contributed by atoms with Crippen LogP contribution in [-0.4, -0.2) is 43.2 Å². The van der Waals surface area contributed by atoms with Gasteiger partial charge in [-0.15, -0.1) is 0 Å². The molecule has 3 rings (SSSR count). The molecule has 0 saturated carbocycles. The van der Waals surface area contributed by atoms with Crippen molar-refractivity contribution in [2.75, 3.05) is 20.2 Å². The normalized spacial score (nSPS) is 31.1. The Morgan fingerprint density at radius 3 is 3.21 bits per heavy atom. The number of fused-ring (bicyclic) bond motifs is 1. The highest BCUT2D eigenvalue weighted by Crippen LogP contribution is 2.32. The van der Waals surface area contributed by atoms with Crippen LogP contribution in [0.5, 0.6) is 0 Å². The predicted molar refractivity (Wildman–Crippen MR) is 69.4 cm³/mol. The summed E-state index contributed by atoms with van der Waals surface area (Å²) in [5, 5.41) is 2.75. The molecule has 0 radical (unpaired) electrons. The van der Waals surface area contributed by atoms with Crippen LogP contribution in [0.25, 0.3) is 0 Å². The third kappa shape index (κ3) is 2.53. The van der Waals surface area contributed by atoms with Crippen LogP contribution in [0.1, 0.15) is 18.6 Å². The molecular weight excluding hydrogens is 244 g/mol. The Kier molecular flexibility index (Phi) is 3.57. The minimum Gasteiger partial charge on any atom is -0.468 e. The fourth-order valence-electron chi connectivity index (χ4n) is 3.23. The topological polar surface area (TPSA) is 54.7 Å². The molecule has 5 nitrogen and oxygen atoms in total. The molecule has 2 fully saturated rings. The molecular formula is C14H20N2O3. The molecule has 2 aliphatic heterocycles. The SMILES string of the molecule is CNC(=O)[C@H]1C[C@H]2OCC[C@H]2N(Cc2ccco2)C1. The fourth-order valence-corrected chi connectivity index (χ4v) is 3.23. The second-order valence-corrected chi connectivity index (χ2v) is 5.32. The lowest BCUT2D eigenvalue weighted by Crippen LogP contribution is -2.52. The molecule has 0 aromatic carbocycles. The van der Waals surface area contributed by atoms with Gasteiger partial charge in [0.15, 0.2) is 0 Å². The minimum atomic E-state index is 0.0133. The number of rotatable bonds is 3. The number of nitrogens with zero attached hydrogens (tertiary/aromatic N) is 1. The number of amides is 1. The van der Waals surface area contributed by atoms with Crippen LogP contribution in [0.4, 0.5) is 0 Å². The second kappa shape index (κ2) is 5.35. The summed E-state index contributed by atoms with van der Waals surface area (Å²) in [7, 11) is 1.70. The van der Waals surface area contributed by atoms with Gasteiger partial charge in [-0.1, -0.05) is 0 Å². The Hall–Kier alpha value is -1.33. The Morgan fingerprint density at radius 2 is 2.47 bits per heavy atom. The zero-order valence-corrected chi connectivity index (χ0v) is 11.2. The first-order chi connectivity index (χ1) is 9.28. The summed E-state index contributed by atoms with van der Waals surface area (Å²) < 4.78 is 11.2. The maximum atomic E-state index is 11.9. The molecule has 1 aromatic rings. The molecule has 3 atom stereocenters. The van der Waals surface area contributed by atoms with E-state index in [1.807, 2.05) is 12.1 Å². The molecule has 1 N–H and O–H groups in total. The van der Waals surface area contributed by atoms with E-state index in [-0.39, 0.29) is 17.9 Å². The van der Waals surface area contributed by atoms with E-state index in [2.05, 4.69) is 10.2 Å². The van der Waals surface area contributed by atoms with Crippen molar-refractivity contribution in [3.63, 3.8) is 0 Å². The van der Waals surface area contributed by atoms with Crippen LogP contribution in [0.15, 0.2) is 22.8 Å². The van der Waals surface area contributed by atoms with Gasteiger partial charge in [-0.25, -0.2) is 0 Å². The summed E-state index contributed by atoms with van der Waals surface area (Å²) in [6.45, 7) is 2.33. The van der Waals surface area contributed by atoms with Crippen molar-refractivity contribution < 1.29 is 13.9 Å². The fraction of sp³-hybridized carbons (Fsp3) is 0.643. The van der Waals surface area contributed by atoms with Crippen molar-refractivity contribution in [2.45, 2.75) is 31.5 Å². The minimum absolute atomic E-state index is 0.0133. The molecule has 2 aliphatic rings. The van der Waals surface area contributed by atoms with Crippen molar-refractivity contribution in [3.8, 4) is 0 Å². The molecule has 0 unspecified atom stereocenters. The number of carbonyl (C=O) groups excluding carboxylic acids is 1. The van der Waals surface area contributed by atoms with Crippen LogP contribution >= 0.6 is 0 Å². The van der Waals surface area contributed by atoms with Gasteiger partial charge < -0.3 is 14.5 Å². The van der Waals surface area contributed by atoms with E-state index in [0.29, 0.717) is 6.04 Å². The number of likely N-dealkylation sites (tertiary alicyclic amines) is 1. The van der Waals surface area contributed by atoms with Crippen LogP contribution in [0, 0.1) is 5.92 Å². The third-order valence-corrected chi connectivity index (χ3v) is 4.17. The number of piperidine rings is 1. The Balaban J connectivity index is 1.74. The number of ether oxygens (including phenoxy) is 1. The van der Waals surface area contributed by atoms with Crippen molar-refractivity contribution >= 4 is 5.91 Å². The quantitative estimate of drug-likeness (QED) is 0.885. The lowest BCUT2D eigenvalue weighted by Gasteiger charge is -2.39. The summed E-state index contributed by atoms with van der Waals surface area (Å²) >= 11 is 0. The molecule has 3 heterocycles. The van der Waals surface area contributed by atoms with Gasteiger partial charge in [0, 0.05) is 26.2 Å². The number of furan rings is 1. The molecule has 0 spiro atoms. The number of hydrogen-bond donors (Lipinski definition) is 1. The molecule has 5 heteroatoms. The Labute approximate surface area is 112 Å². The van der Waals surface area contributed by atoms with Gasteiger partial charge in [-0.2, -0.15) is 0 Å². The van der Waals surface area contributed by atoms with Gasteiger partial charge >= 0.3 is 0 Å². The van der Waals surface area contributed by atoms with Gasteiger partial charge in [0.1, 0.15) is 5.76 Å². The monoisotopic (exact) mass is 264 g/mol. The molecule has 19 heavy (non-hydrogen) atoms. The Morgan fingerprint density at radius 1 is 1.58 bits per heavy atom. The highest BCUT2D eigenvalue weighted by molar-refractivity contribution is 5.78. The molecule has 0 aliphatic carbocycles. The van der Waals surface area contributed by atoms with Crippen molar-refractivity contribution in [1.29, 1.82) is 0 Å². The predicted octanol–water partition coefficient (Wildman–Crippen LogP) is 1.00. The van der Waals surface area contributed by atoms with E-state index in [1.54, 1.807) is 13.3 Å². The number of hydrogen-bond acceptors (Lipinski definition) is 4. The first-order valence-electron chi connectivity index (χ1n) is 6.87. The van der Waals surface area contributed by atoms with Crippen molar-refractivity contribution in [1.82, 2.24) is 10.2 Å². The highest BCUT2D eigenvalue weighted by atomic mass is 16.5. The van der Waals surface area contributed by atoms with Gasteiger partial charge in [0.2, 0.25) is 5.91 Å². The zero-order chi connectivity index (χ0) is 13.2. The lowest BCUT2D eigenvalue weighted by molar-refractivity contribution is -0.129. The summed E-state index contributed by atoms with van der Waals surface area (Å²) in [6.07, 6.45) is 3.76. The first-order valence-corrected chi connectivity index (χ1v) is 6.87. The summed E-state index contributed by atoms with van der Waals surface area (Å²) in [5.41, 5.74) is 0. The van der Waals surface area contributed by atoms with E-state index in [4.69, 9.17) is 9.15 Å². The third-order valence-electron chi connectivity index (χ3n) is 4.17. The smallest absolute Gasteiger partial charge is 0.224 e. The van der Waals surface area contributed by atoms with Crippen LogP contribution in [0.2, 0.25) is 0 Å². The zero-order valence-electron chi connectivity index (χ0n) is 11.2. The molecule has 1 aromatic heterocycles. The molecule has 104 valence electrons. The first kappa shape index (κ1) is 12.7. The van der Waals surface area contributed by atoms with Crippen LogP contribution in [0.3, 0.4) is 0 Å². The second-order valence-electron chi connectivity index (χ2n) is 5.32. The van der Waals surface area contributed by atoms with E-state index >= 15 is 0 Å². The van der Waals surface area contributed by atoms with Gasteiger partial charge in [0.25, 0.3) is 0 Å². The van der Waals surface area contributed by atoms with Crippen LogP contribution < -0.4 is 5.32 Å². The van der Waals surface area contributed by atoms with E-state index in [0.717, 1.165) is 38.3 Å². The lowest BCUT2D eigenvalue weighted by atomic mass is 9.89. The largest absolute Gasteiger partial charge is 0.468 e. The van der Waals surface area contributed by atoms with Crippen LogP contribution in [-0.2, 0) is 16.1 Å². The standard InChI is InChI=1S/C14H20N2O3/c1-15-14(17)10-7-13-12(4-6-19-13)16(8-10)9-11-3-2-5-18-11/h2-3,5,10,12-13H,4,6-9H2,1H3,(H,15,17)/t10-,12+,13+/m0/s1. The van der Waals surface area contributed by atoms with E-state index < -0.39 is 0 Å². The summed E-state index contributed by atoms with van der Waals surface area (Å²) in [5.74, 6) is 1.07. The van der Waals surface area contributed by atoms with Crippen molar-refractivity contribution in [2.24, 2.45) is 5.92 Å². The summed E-state index contributed by atoms with van der Waals surface area (Å²) in [6, 6.07) is 4.30. The van der Waals surface area contributed by atoms with Gasteiger partial charge in [-0.05, 0) is 25.0 Å². The average Bonchev–Trinajstić information content (AvgIpc) is 3.08. The molecule has 2 saturated heterocycles. The van der Waals surface area contributed by atoms with Gasteiger partial charge in [-0.3, -0.25) is 9.69 Å². The van der Waals surface area contributed by atoms with E-state index in [9.17, 15) is 4.79 Å². The maximum absolute atomic E-state index is 11.9. The molecule has 0 bridgehead atoms. The highest BCUT2D eigenvalue weighted by Gasteiger charge is 2.42. The summed E-state index contributed by atoms with van der Waals surface area (Å²) in [4.78, 5) is 14.2. The van der Waals surface area contributed by atoms with Gasteiger partial charge in [0.05, 0.1) is 24.8 Å². The van der Waals surface area contributed by atoms with Crippen molar-refractivity contribution in [3.05, 3.63) is 24.2 Å². The molecule has 1 amide bonds. The number of nitrogens with one attached hydrogen (secondary N) is 1. The van der Waals surface area contributed by atoms with E-state index in [1.165, 1.54) is 0 Å². The maximum Gasteiger partial charge on any atom is 0.224 e. The average molecular weight is 264 g/mol. The number of carbonyl (C=O) groups is 1. The Bertz CT molecular complexity index is 432.